The lowest BCUT2D eigenvalue weighted by Crippen LogP contribution is -2.43. The van der Waals surface area contributed by atoms with Crippen molar-refractivity contribution in [3.8, 4) is 17.2 Å². The fourth-order valence-electron chi connectivity index (χ4n) is 1.56. The number of benzene rings is 1. The van der Waals surface area contributed by atoms with Crippen LogP contribution < -0.4 is 19.9 Å². The summed E-state index contributed by atoms with van der Waals surface area (Å²) in [4.78, 5) is 0. The first-order valence-electron chi connectivity index (χ1n) is 5.06. The summed E-state index contributed by atoms with van der Waals surface area (Å²) in [5.74, 6) is 1.76. The van der Waals surface area contributed by atoms with Gasteiger partial charge in [0, 0.05) is 6.07 Å². The van der Waals surface area contributed by atoms with Gasteiger partial charge < -0.3 is 19.9 Å². The molecule has 0 amide bonds. The van der Waals surface area contributed by atoms with Crippen molar-refractivity contribution in [2.45, 2.75) is 11.8 Å². The molecule has 0 aliphatic rings. The van der Waals surface area contributed by atoms with Crippen molar-refractivity contribution in [3.63, 3.8) is 0 Å². The van der Waals surface area contributed by atoms with Crippen LogP contribution in [0.5, 0.6) is 17.2 Å². The smallest absolute Gasteiger partial charge is 0.164 e. The van der Waals surface area contributed by atoms with Crippen LogP contribution in [-0.2, 0) is 6.42 Å². The number of methoxy groups -OCH3 is 3. The molecule has 0 atom stereocenters. The number of nitrogens with two attached hydrogens (primary N) is 1. The highest BCUT2D eigenvalue weighted by Crippen LogP contribution is 2.35. The van der Waals surface area contributed by atoms with Crippen molar-refractivity contribution in [1.82, 2.24) is 0 Å². The summed E-state index contributed by atoms with van der Waals surface area (Å²) in [5, 5.41) is -1.30. The van der Waals surface area contributed by atoms with Crippen LogP contribution in [0.15, 0.2) is 12.1 Å². The Morgan fingerprint density at radius 2 is 1.47 bits per heavy atom. The Morgan fingerprint density at radius 1 is 1.00 bits per heavy atom. The van der Waals surface area contributed by atoms with Crippen molar-refractivity contribution in [3.05, 3.63) is 17.7 Å². The molecule has 2 N–H and O–H groups in total. The topological polar surface area (TPSA) is 53.7 Å². The molecule has 1 aromatic carbocycles. The monoisotopic (exact) mass is 231 g/mol. The fourth-order valence-corrected chi connectivity index (χ4v) is 1.56. The third-order valence-corrected chi connectivity index (χ3v) is 2.28. The van der Waals surface area contributed by atoms with Crippen molar-refractivity contribution < 1.29 is 14.2 Å². The molecular formula is C11H15B2NO3. The number of hydrogen-bond donors (Lipinski definition) is 1. The van der Waals surface area contributed by atoms with E-state index in [0.29, 0.717) is 17.2 Å². The maximum atomic E-state index is 5.58. The standard InChI is InChI=1S/C11H15B2NO3/c1-15-8-5-10(17-3)9(16-2)4-7(8)6-11(12,13)14/h4-5H,6,14H2,1-3H3. The zero-order chi connectivity index (χ0) is 13.1. The minimum atomic E-state index is -1.30. The van der Waals surface area contributed by atoms with E-state index >= 15 is 0 Å². The largest absolute Gasteiger partial charge is 0.496 e. The fraction of sp³-hybridized carbons (Fsp3) is 0.455. The lowest BCUT2D eigenvalue weighted by Gasteiger charge is -2.22. The van der Waals surface area contributed by atoms with Gasteiger partial charge in [-0.3, -0.25) is 0 Å². The predicted octanol–water partition coefficient (Wildman–Crippen LogP) is 0.204. The van der Waals surface area contributed by atoms with Gasteiger partial charge in [0.2, 0.25) is 0 Å². The number of ether oxygens (including phenoxy) is 3. The quantitative estimate of drug-likeness (QED) is 0.735. The lowest BCUT2D eigenvalue weighted by molar-refractivity contribution is 0.347. The van der Waals surface area contributed by atoms with Crippen LogP contribution in [0.4, 0.5) is 0 Å². The van der Waals surface area contributed by atoms with E-state index < -0.39 is 5.34 Å². The summed E-state index contributed by atoms with van der Waals surface area (Å²) >= 11 is 0. The summed E-state index contributed by atoms with van der Waals surface area (Å²) < 4.78 is 15.6. The van der Waals surface area contributed by atoms with Gasteiger partial charge in [0.25, 0.3) is 0 Å². The van der Waals surface area contributed by atoms with Crippen molar-refractivity contribution >= 4 is 15.7 Å². The van der Waals surface area contributed by atoms with E-state index in [1.165, 1.54) is 0 Å². The highest BCUT2D eigenvalue weighted by molar-refractivity contribution is 6.39. The molecule has 88 valence electrons. The van der Waals surface area contributed by atoms with Crippen LogP contribution in [0, 0.1) is 0 Å². The van der Waals surface area contributed by atoms with Gasteiger partial charge in [0.05, 0.1) is 37.0 Å². The van der Waals surface area contributed by atoms with E-state index in [1.54, 1.807) is 33.5 Å². The molecule has 0 aliphatic carbocycles. The number of hydrogen-bond acceptors (Lipinski definition) is 4. The minimum absolute atomic E-state index is 0.260. The summed E-state index contributed by atoms with van der Waals surface area (Å²) in [5.41, 5.74) is 6.34. The molecule has 4 radical (unpaired) electrons. The second kappa shape index (κ2) is 5.36. The molecule has 4 nitrogen and oxygen atoms in total. The summed E-state index contributed by atoms with van der Waals surface area (Å²) in [6.45, 7) is 0. The first-order chi connectivity index (χ1) is 7.91. The van der Waals surface area contributed by atoms with E-state index in [-0.39, 0.29) is 6.42 Å². The molecule has 6 heteroatoms. The van der Waals surface area contributed by atoms with Crippen LogP contribution in [-0.4, -0.2) is 42.4 Å². The molecule has 1 rings (SSSR count). The molecule has 0 bridgehead atoms. The zero-order valence-corrected chi connectivity index (χ0v) is 10.3. The first-order valence-corrected chi connectivity index (χ1v) is 5.06. The summed E-state index contributed by atoms with van der Waals surface area (Å²) in [6.07, 6.45) is 0.260. The van der Waals surface area contributed by atoms with Gasteiger partial charge >= 0.3 is 0 Å². The highest BCUT2D eigenvalue weighted by atomic mass is 16.5. The zero-order valence-electron chi connectivity index (χ0n) is 10.3. The molecule has 0 heterocycles. The molecule has 0 saturated carbocycles. The third-order valence-electron chi connectivity index (χ3n) is 2.28. The van der Waals surface area contributed by atoms with E-state index in [1.807, 2.05) is 0 Å². The summed E-state index contributed by atoms with van der Waals surface area (Å²) in [7, 11) is 15.8. The van der Waals surface area contributed by atoms with E-state index in [2.05, 4.69) is 0 Å². The van der Waals surface area contributed by atoms with Gasteiger partial charge in [-0.25, -0.2) is 0 Å². The second-order valence-corrected chi connectivity index (χ2v) is 3.81. The maximum Gasteiger partial charge on any atom is 0.164 e. The van der Waals surface area contributed by atoms with E-state index in [4.69, 9.17) is 35.6 Å². The van der Waals surface area contributed by atoms with Crippen LogP contribution >= 0.6 is 0 Å². The van der Waals surface area contributed by atoms with Gasteiger partial charge in [-0.15, -0.1) is 0 Å². The van der Waals surface area contributed by atoms with E-state index in [0.717, 1.165) is 5.56 Å². The Balaban J connectivity index is 3.19. The molecule has 0 fully saturated rings. The molecule has 0 spiro atoms. The van der Waals surface area contributed by atoms with Crippen LogP contribution in [0.3, 0.4) is 0 Å². The van der Waals surface area contributed by atoms with Gasteiger partial charge in [-0.05, 0) is 18.1 Å². The Bertz CT molecular complexity index is 391. The predicted molar refractivity (Wildman–Crippen MR) is 68.2 cm³/mol. The van der Waals surface area contributed by atoms with Gasteiger partial charge in [-0.2, -0.15) is 0 Å². The van der Waals surface area contributed by atoms with Crippen molar-refractivity contribution in [2.24, 2.45) is 5.73 Å². The third kappa shape index (κ3) is 3.59. The summed E-state index contributed by atoms with van der Waals surface area (Å²) in [6, 6.07) is 3.46. The number of rotatable bonds is 5. The minimum Gasteiger partial charge on any atom is -0.496 e. The van der Waals surface area contributed by atoms with Crippen LogP contribution in [0.1, 0.15) is 5.56 Å². The second-order valence-electron chi connectivity index (χ2n) is 3.81. The Kier molecular flexibility index (Phi) is 4.34. The Morgan fingerprint density at radius 3 is 1.88 bits per heavy atom. The Labute approximate surface area is 104 Å². The van der Waals surface area contributed by atoms with Gasteiger partial charge in [0.1, 0.15) is 5.75 Å². The average molecular weight is 231 g/mol. The van der Waals surface area contributed by atoms with Gasteiger partial charge in [-0.1, -0.05) is 5.34 Å². The van der Waals surface area contributed by atoms with Crippen molar-refractivity contribution in [1.29, 1.82) is 0 Å². The molecule has 17 heavy (non-hydrogen) atoms. The van der Waals surface area contributed by atoms with Crippen LogP contribution in [0.25, 0.3) is 0 Å². The van der Waals surface area contributed by atoms with Crippen molar-refractivity contribution in [2.75, 3.05) is 21.3 Å². The molecule has 0 saturated heterocycles. The maximum absolute atomic E-state index is 5.58. The lowest BCUT2D eigenvalue weighted by atomic mass is 9.60. The molecule has 0 aromatic heterocycles. The average Bonchev–Trinajstić information content (AvgIpc) is 2.26. The SMILES string of the molecule is [B]C([B])(N)Cc1cc(OC)c(OC)cc1OC. The normalized spacial score (nSPS) is 11.1. The van der Waals surface area contributed by atoms with Gasteiger partial charge in [0.15, 0.2) is 11.5 Å². The molecular weight excluding hydrogens is 216 g/mol. The molecule has 1 aromatic rings. The van der Waals surface area contributed by atoms with E-state index in [9.17, 15) is 0 Å². The molecule has 0 aliphatic heterocycles. The van der Waals surface area contributed by atoms with Crippen LogP contribution in [0.2, 0.25) is 0 Å². The highest BCUT2D eigenvalue weighted by Gasteiger charge is 2.17. The Hall–Kier alpha value is -1.29. The molecule has 0 unspecified atom stereocenters. The first kappa shape index (κ1) is 13.8.